The predicted molar refractivity (Wildman–Crippen MR) is 47.2 cm³/mol. The third-order valence-electron chi connectivity index (χ3n) is 1.84. The molecule has 1 nitrogen and oxygen atoms in total. The summed E-state index contributed by atoms with van der Waals surface area (Å²) in [7, 11) is 0. The molecule has 0 radical (unpaired) electrons. The van der Waals surface area contributed by atoms with E-state index in [0.29, 0.717) is 0 Å². The Kier molecular flexibility index (Phi) is 2.55. The molecule has 1 aromatic carbocycles. The summed E-state index contributed by atoms with van der Waals surface area (Å²) in [5, 5.41) is 0. The lowest BCUT2D eigenvalue weighted by Crippen LogP contribution is -2.19. The monoisotopic (exact) mass is 186 g/mol. The average molecular weight is 186 g/mol. The van der Waals surface area contributed by atoms with E-state index in [-0.39, 0.29) is 5.75 Å². The highest BCUT2D eigenvalue weighted by Crippen LogP contribution is 2.26. The molecule has 0 saturated heterocycles. The lowest BCUT2D eigenvalue weighted by Gasteiger charge is -2.15. The molecule has 72 valence electrons. The number of halogens is 2. The Balaban J connectivity index is 2.96. The summed E-state index contributed by atoms with van der Waals surface area (Å²) in [6.45, 7) is 4.35. The smallest absolute Gasteiger partial charge is 0.394 e. The lowest BCUT2D eigenvalue weighted by molar-refractivity contribution is -0.159. The maximum Gasteiger partial charge on any atom is 0.394 e. The quantitative estimate of drug-likeness (QED) is 0.688. The first-order chi connectivity index (χ1) is 5.90. The molecule has 1 rings (SSSR count). The van der Waals surface area contributed by atoms with Gasteiger partial charge in [0.1, 0.15) is 5.75 Å². The molecule has 0 aliphatic carbocycles. The van der Waals surface area contributed by atoms with Gasteiger partial charge < -0.3 is 4.74 Å². The van der Waals surface area contributed by atoms with Crippen LogP contribution in [0.5, 0.6) is 5.75 Å². The first-order valence-electron chi connectivity index (χ1n) is 4.03. The van der Waals surface area contributed by atoms with Gasteiger partial charge in [0.25, 0.3) is 0 Å². The molecule has 0 saturated carbocycles. The summed E-state index contributed by atoms with van der Waals surface area (Å²) in [4.78, 5) is 0. The van der Waals surface area contributed by atoms with E-state index >= 15 is 0 Å². The molecule has 13 heavy (non-hydrogen) atoms. The first-order valence-corrected chi connectivity index (χ1v) is 4.03. The Morgan fingerprint density at radius 1 is 1.23 bits per heavy atom. The number of ether oxygens (including phenoxy) is 1. The number of alkyl halides is 2. The standard InChI is InChI=1S/C10H12F2O/c1-7-5-4-6-9(8(7)2)13-10(3,11)12/h4-6H,1-3H3. The van der Waals surface area contributed by atoms with Crippen molar-refractivity contribution in [2.75, 3.05) is 0 Å². The van der Waals surface area contributed by atoms with Gasteiger partial charge in [-0.2, -0.15) is 8.78 Å². The summed E-state index contributed by atoms with van der Waals surface area (Å²) >= 11 is 0. The third kappa shape index (κ3) is 2.68. The summed E-state index contributed by atoms with van der Waals surface area (Å²) in [5.74, 6) is 0.243. The van der Waals surface area contributed by atoms with E-state index in [1.807, 2.05) is 13.0 Å². The normalized spacial score (nSPS) is 11.5. The van der Waals surface area contributed by atoms with Gasteiger partial charge in [-0.05, 0) is 31.0 Å². The number of hydrogen-bond donors (Lipinski definition) is 0. The zero-order chi connectivity index (χ0) is 10.1. The first kappa shape index (κ1) is 9.96. The molecule has 1 aromatic rings. The van der Waals surface area contributed by atoms with Gasteiger partial charge in [0.2, 0.25) is 0 Å². The number of aryl methyl sites for hydroxylation is 1. The second-order valence-corrected chi connectivity index (χ2v) is 3.11. The van der Waals surface area contributed by atoms with E-state index in [0.717, 1.165) is 18.1 Å². The van der Waals surface area contributed by atoms with Crippen LogP contribution in [-0.4, -0.2) is 6.11 Å². The topological polar surface area (TPSA) is 9.23 Å². The number of hydrogen-bond acceptors (Lipinski definition) is 1. The zero-order valence-corrected chi connectivity index (χ0v) is 7.90. The van der Waals surface area contributed by atoms with Crippen LogP contribution in [-0.2, 0) is 0 Å². The van der Waals surface area contributed by atoms with E-state index in [2.05, 4.69) is 4.74 Å². The fraction of sp³-hybridized carbons (Fsp3) is 0.400. The van der Waals surface area contributed by atoms with Crippen molar-refractivity contribution in [1.29, 1.82) is 0 Å². The van der Waals surface area contributed by atoms with Crippen molar-refractivity contribution in [2.24, 2.45) is 0 Å². The number of rotatable bonds is 2. The molecule has 0 amide bonds. The van der Waals surface area contributed by atoms with Crippen LogP contribution in [0.3, 0.4) is 0 Å². The molecule has 0 fully saturated rings. The summed E-state index contributed by atoms with van der Waals surface area (Å²) in [5.41, 5.74) is 1.70. The largest absolute Gasteiger partial charge is 0.432 e. The van der Waals surface area contributed by atoms with Crippen LogP contribution in [0.25, 0.3) is 0 Å². The minimum absolute atomic E-state index is 0.243. The van der Waals surface area contributed by atoms with Crippen molar-refractivity contribution in [3.63, 3.8) is 0 Å². The summed E-state index contributed by atoms with van der Waals surface area (Å²) in [6, 6.07) is 5.10. The molecule has 0 atom stereocenters. The van der Waals surface area contributed by atoms with Crippen molar-refractivity contribution in [3.05, 3.63) is 29.3 Å². The Hall–Kier alpha value is -1.12. The molecule has 0 aliphatic rings. The minimum atomic E-state index is -3.11. The molecular weight excluding hydrogens is 174 g/mol. The molecular formula is C10H12F2O. The van der Waals surface area contributed by atoms with Gasteiger partial charge in [-0.15, -0.1) is 0 Å². The fourth-order valence-electron chi connectivity index (χ4n) is 1.03. The van der Waals surface area contributed by atoms with E-state index in [9.17, 15) is 8.78 Å². The van der Waals surface area contributed by atoms with Gasteiger partial charge in [0.05, 0.1) is 0 Å². The Morgan fingerprint density at radius 2 is 1.85 bits per heavy atom. The maximum atomic E-state index is 12.5. The molecule has 0 spiro atoms. The molecule has 0 unspecified atom stereocenters. The van der Waals surface area contributed by atoms with Crippen LogP contribution in [0.4, 0.5) is 8.78 Å². The maximum absolute atomic E-state index is 12.5. The van der Waals surface area contributed by atoms with Gasteiger partial charge in [-0.1, -0.05) is 12.1 Å². The highest BCUT2D eigenvalue weighted by atomic mass is 19.3. The van der Waals surface area contributed by atoms with Crippen molar-refractivity contribution in [1.82, 2.24) is 0 Å². The average Bonchev–Trinajstić information content (AvgIpc) is 1.96. The Morgan fingerprint density at radius 3 is 2.38 bits per heavy atom. The van der Waals surface area contributed by atoms with Gasteiger partial charge in [-0.3, -0.25) is 0 Å². The number of benzene rings is 1. The van der Waals surface area contributed by atoms with Gasteiger partial charge >= 0.3 is 6.11 Å². The van der Waals surface area contributed by atoms with E-state index in [1.54, 1.807) is 19.1 Å². The van der Waals surface area contributed by atoms with Crippen LogP contribution < -0.4 is 4.74 Å². The van der Waals surface area contributed by atoms with Crippen LogP contribution in [0.15, 0.2) is 18.2 Å². The fourth-order valence-corrected chi connectivity index (χ4v) is 1.03. The van der Waals surface area contributed by atoms with Gasteiger partial charge in [-0.25, -0.2) is 0 Å². The SMILES string of the molecule is Cc1cccc(OC(C)(F)F)c1C. The van der Waals surface area contributed by atoms with Gasteiger partial charge in [0.15, 0.2) is 0 Å². The Labute approximate surface area is 76.3 Å². The molecule has 0 aromatic heterocycles. The second kappa shape index (κ2) is 3.32. The predicted octanol–water partition coefficient (Wildman–Crippen LogP) is 3.29. The molecule has 0 bridgehead atoms. The van der Waals surface area contributed by atoms with Crippen molar-refractivity contribution in [3.8, 4) is 5.75 Å². The third-order valence-corrected chi connectivity index (χ3v) is 1.84. The summed E-state index contributed by atoms with van der Waals surface area (Å²) in [6.07, 6.45) is -3.11. The highest BCUT2D eigenvalue weighted by molar-refractivity contribution is 5.38. The van der Waals surface area contributed by atoms with E-state index < -0.39 is 6.11 Å². The molecule has 0 heterocycles. The zero-order valence-electron chi connectivity index (χ0n) is 7.90. The minimum Gasteiger partial charge on any atom is -0.432 e. The van der Waals surface area contributed by atoms with Crippen molar-refractivity contribution in [2.45, 2.75) is 26.9 Å². The summed E-state index contributed by atoms with van der Waals surface area (Å²) < 4.78 is 29.5. The van der Waals surface area contributed by atoms with Crippen molar-refractivity contribution >= 4 is 0 Å². The van der Waals surface area contributed by atoms with Crippen LogP contribution in [0, 0.1) is 13.8 Å². The van der Waals surface area contributed by atoms with Crippen LogP contribution in [0.2, 0.25) is 0 Å². The molecule has 0 N–H and O–H groups in total. The molecule has 0 aliphatic heterocycles. The van der Waals surface area contributed by atoms with Crippen LogP contribution in [0.1, 0.15) is 18.1 Å². The highest BCUT2D eigenvalue weighted by Gasteiger charge is 2.23. The lowest BCUT2D eigenvalue weighted by atomic mass is 10.1. The van der Waals surface area contributed by atoms with Gasteiger partial charge in [0, 0.05) is 6.92 Å². The van der Waals surface area contributed by atoms with Crippen molar-refractivity contribution < 1.29 is 13.5 Å². The second-order valence-electron chi connectivity index (χ2n) is 3.11. The van der Waals surface area contributed by atoms with E-state index in [1.165, 1.54) is 0 Å². The Bertz CT molecular complexity index is 302. The van der Waals surface area contributed by atoms with E-state index in [4.69, 9.17) is 0 Å². The van der Waals surface area contributed by atoms with Crippen LogP contribution >= 0.6 is 0 Å². The molecule has 3 heteroatoms.